The van der Waals surface area contributed by atoms with Gasteiger partial charge >= 0.3 is 0 Å². The van der Waals surface area contributed by atoms with Crippen LogP contribution < -0.4 is 5.32 Å². The van der Waals surface area contributed by atoms with Crippen molar-refractivity contribution in [3.05, 3.63) is 12.4 Å². The summed E-state index contributed by atoms with van der Waals surface area (Å²) in [7, 11) is -2.06. The molecular formula is C11H17N5O3S. The predicted octanol–water partition coefficient (Wildman–Crippen LogP) is -0.629. The van der Waals surface area contributed by atoms with E-state index in [1.54, 1.807) is 7.05 Å². The van der Waals surface area contributed by atoms with E-state index >= 15 is 0 Å². The van der Waals surface area contributed by atoms with Crippen molar-refractivity contribution >= 4 is 21.9 Å². The monoisotopic (exact) mass is 299 g/mol. The lowest BCUT2D eigenvalue weighted by Gasteiger charge is -2.30. The molecule has 1 amide bonds. The molecule has 0 saturated carbocycles. The molecule has 1 N–H and O–H groups in total. The molecule has 2 heterocycles. The standard InChI is InChI=1S/C11H17N5O3S/c1-3-12-11-13-6-9(7-14-11)20(18,19)16-5-4-15(2)10(17)8-16/h6-7H,3-5,8H2,1-2H3,(H,12,13,14). The maximum absolute atomic E-state index is 12.4. The third-order valence-corrected chi connectivity index (χ3v) is 4.82. The number of piperazine rings is 1. The van der Waals surface area contributed by atoms with Crippen molar-refractivity contribution in [1.29, 1.82) is 0 Å². The average molecular weight is 299 g/mol. The Bertz CT molecular complexity index is 587. The highest BCUT2D eigenvalue weighted by Crippen LogP contribution is 2.16. The second-order valence-corrected chi connectivity index (χ2v) is 6.36. The van der Waals surface area contributed by atoms with Gasteiger partial charge in [0.2, 0.25) is 21.9 Å². The normalized spacial score (nSPS) is 17.3. The van der Waals surface area contributed by atoms with E-state index in [9.17, 15) is 13.2 Å². The van der Waals surface area contributed by atoms with Crippen LogP contribution in [0, 0.1) is 0 Å². The minimum atomic E-state index is -3.72. The summed E-state index contributed by atoms with van der Waals surface area (Å²) in [6.07, 6.45) is 2.51. The molecule has 8 nitrogen and oxygen atoms in total. The Morgan fingerprint density at radius 2 is 1.95 bits per heavy atom. The van der Waals surface area contributed by atoms with E-state index in [4.69, 9.17) is 0 Å². The van der Waals surface area contributed by atoms with E-state index in [1.807, 2.05) is 6.92 Å². The van der Waals surface area contributed by atoms with Crippen LogP contribution in [0.3, 0.4) is 0 Å². The molecule has 0 bridgehead atoms. The van der Waals surface area contributed by atoms with Gasteiger partial charge in [-0.25, -0.2) is 18.4 Å². The van der Waals surface area contributed by atoms with Crippen molar-refractivity contribution in [2.24, 2.45) is 0 Å². The Balaban J connectivity index is 2.19. The number of aromatic nitrogens is 2. The highest BCUT2D eigenvalue weighted by Gasteiger charge is 2.31. The van der Waals surface area contributed by atoms with Gasteiger partial charge in [-0.3, -0.25) is 4.79 Å². The summed E-state index contributed by atoms with van der Waals surface area (Å²) in [5.41, 5.74) is 0. The Labute approximate surface area is 117 Å². The van der Waals surface area contributed by atoms with Crippen LogP contribution in [0.4, 0.5) is 5.95 Å². The lowest BCUT2D eigenvalue weighted by atomic mass is 10.4. The zero-order chi connectivity index (χ0) is 14.8. The van der Waals surface area contributed by atoms with Crippen LogP contribution in [-0.4, -0.2) is 66.7 Å². The zero-order valence-corrected chi connectivity index (χ0v) is 12.2. The number of nitrogens with one attached hydrogen (secondary N) is 1. The van der Waals surface area contributed by atoms with E-state index < -0.39 is 10.0 Å². The molecule has 1 aliphatic rings. The SMILES string of the molecule is CCNc1ncc(S(=O)(=O)N2CCN(C)C(=O)C2)cn1. The van der Waals surface area contributed by atoms with Gasteiger partial charge in [0.15, 0.2) is 0 Å². The van der Waals surface area contributed by atoms with Crippen molar-refractivity contribution in [3.63, 3.8) is 0 Å². The third-order valence-electron chi connectivity index (χ3n) is 3.02. The van der Waals surface area contributed by atoms with Crippen LogP contribution in [0.5, 0.6) is 0 Å². The van der Waals surface area contributed by atoms with E-state index in [2.05, 4.69) is 15.3 Å². The number of likely N-dealkylation sites (N-methyl/N-ethyl adjacent to an activating group) is 1. The maximum Gasteiger partial charge on any atom is 0.246 e. The highest BCUT2D eigenvalue weighted by atomic mass is 32.2. The molecule has 2 rings (SSSR count). The first-order valence-corrected chi connectivity index (χ1v) is 7.69. The summed E-state index contributed by atoms with van der Waals surface area (Å²) < 4.78 is 25.9. The number of carbonyl (C=O) groups excluding carboxylic acids is 1. The summed E-state index contributed by atoms with van der Waals surface area (Å²) in [6.45, 7) is 3.06. The minimum Gasteiger partial charge on any atom is -0.355 e. The van der Waals surface area contributed by atoms with E-state index in [-0.39, 0.29) is 23.9 Å². The van der Waals surface area contributed by atoms with Gasteiger partial charge in [-0.15, -0.1) is 0 Å². The van der Waals surface area contributed by atoms with E-state index in [1.165, 1.54) is 17.3 Å². The average Bonchev–Trinajstić information content (AvgIpc) is 2.43. The molecular weight excluding hydrogens is 282 g/mol. The number of hydrogen-bond acceptors (Lipinski definition) is 6. The smallest absolute Gasteiger partial charge is 0.246 e. The lowest BCUT2D eigenvalue weighted by Crippen LogP contribution is -2.50. The van der Waals surface area contributed by atoms with E-state index in [0.717, 1.165) is 4.31 Å². The molecule has 1 saturated heterocycles. The molecule has 1 aromatic rings. The molecule has 1 fully saturated rings. The molecule has 110 valence electrons. The Hall–Kier alpha value is -1.74. The molecule has 0 aromatic carbocycles. The fourth-order valence-electron chi connectivity index (χ4n) is 1.79. The second kappa shape index (κ2) is 5.71. The topological polar surface area (TPSA) is 95.5 Å². The fraction of sp³-hybridized carbons (Fsp3) is 0.545. The van der Waals surface area contributed by atoms with Crippen LogP contribution in [0.2, 0.25) is 0 Å². The number of carbonyl (C=O) groups is 1. The predicted molar refractivity (Wildman–Crippen MR) is 72.6 cm³/mol. The van der Waals surface area contributed by atoms with Crippen LogP contribution in [-0.2, 0) is 14.8 Å². The molecule has 20 heavy (non-hydrogen) atoms. The zero-order valence-electron chi connectivity index (χ0n) is 11.4. The molecule has 0 atom stereocenters. The Kier molecular flexibility index (Phi) is 4.19. The number of sulfonamides is 1. The van der Waals surface area contributed by atoms with Crippen LogP contribution >= 0.6 is 0 Å². The van der Waals surface area contributed by atoms with Crippen molar-refractivity contribution in [3.8, 4) is 0 Å². The first kappa shape index (κ1) is 14.7. The van der Waals surface area contributed by atoms with Crippen LogP contribution in [0.15, 0.2) is 17.3 Å². The quantitative estimate of drug-likeness (QED) is 0.795. The van der Waals surface area contributed by atoms with Crippen molar-refractivity contribution in [2.45, 2.75) is 11.8 Å². The van der Waals surface area contributed by atoms with Gasteiger partial charge in [0.1, 0.15) is 4.90 Å². The molecule has 0 unspecified atom stereocenters. The fourth-order valence-corrected chi connectivity index (χ4v) is 3.06. The van der Waals surface area contributed by atoms with Gasteiger partial charge in [-0.1, -0.05) is 0 Å². The number of anilines is 1. The van der Waals surface area contributed by atoms with Gasteiger partial charge in [-0.2, -0.15) is 4.31 Å². The lowest BCUT2D eigenvalue weighted by molar-refractivity contribution is -0.132. The van der Waals surface area contributed by atoms with Gasteiger partial charge in [0.25, 0.3) is 0 Å². The number of rotatable bonds is 4. The van der Waals surface area contributed by atoms with Gasteiger partial charge in [-0.05, 0) is 6.92 Å². The molecule has 1 aromatic heterocycles. The molecule has 9 heteroatoms. The molecule has 0 aliphatic carbocycles. The third kappa shape index (κ3) is 2.88. The summed E-state index contributed by atoms with van der Waals surface area (Å²) >= 11 is 0. The Morgan fingerprint density at radius 1 is 1.30 bits per heavy atom. The van der Waals surface area contributed by atoms with Crippen LogP contribution in [0.25, 0.3) is 0 Å². The van der Waals surface area contributed by atoms with E-state index in [0.29, 0.717) is 19.0 Å². The Morgan fingerprint density at radius 3 is 2.50 bits per heavy atom. The highest BCUT2D eigenvalue weighted by molar-refractivity contribution is 7.89. The van der Waals surface area contributed by atoms with Crippen LogP contribution in [0.1, 0.15) is 6.92 Å². The van der Waals surface area contributed by atoms with Gasteiger partial charge in [0, 0.05) is 26.7 Å². The van der Waals surface area contributed by atoms with Crippen molar-refractivity contribution in [1.82, 2.24) is 19.2 Å². The van der Waals surface area contributed by atoms with Crippen molar-refractivity contribution in [2.75, 3.05) is 38.5 Å². The van der Waals surface area contributed by atoms with Crippen molar-refractivity contribution < 1.29 is 13.2 Å². The largest absolute Gasteiger partial charge is 0.355 e. The molecule has 0 spiro atoms. The van der Waals surface area contributed by atoms with Gasteiger partial charge in [0.05, 0.1) is 18.9 Å². The summed E-state index contributed by atoms with van der Waals surface area (Å²) in [4.78, 5) is 21.0. The molecule has 0 radical (unpaired) electrons. The maximum atomic E-state index is 12.4. The molecule has 1 aliphatic heterocycles. The number of amides is 1. The summed E-state index contributed by atoms with van der Waals surface area (Å²) in [6, 6.07) is 0. The first-order chi connectivity index (χ1) is 9.45. The van der Waals surface area contributed by atoms with Gasteiger partial charge < -0.3 is 10.2 Å². The number of hydrogen-bond donors (Lipinski definition) is 1. The number of nitrogens with zero attached hydrogens (tertiary/aromatic N) is 4. The minimum absolute atomic E-state index is 0.00324. The second-order valence-electron chi connectivity index (χ2n) is 4.43. The summed E-state index contributed by atoms with van der Waals surface area (Å²) in [5, 5.41) is 2.89. The summed E-state index contributed by atoms with van der Waals surface area (Å²) in [5.74, 6) is 0.158. The first-order valence-electron chi connectivity index (χ1n) is 6.25.